The van der Waals surface area contributed by atoms with E-state index in [1.807, 2.05) is 12.1 Å². The number of halogens is 1. The second kappa shape index (κ2) is 4.86. The summed E-state index contributed by atoms with van der Waals surface area (Å²) in [5.41, 5.74) is 8.16. The lowest BCUT2D eigenvalue weighted by Crippen LogP contribution is -2.34. The van der Waals surface area contributed by atoms with Crippen molar-refractivity contribution in [3.05, 3.63) is 33.2 Å². The molecule has 0 aliphatic heterocycles. The van der Waals surface area contributed by atoms with Gasteiger partial charge in [-0.05, 0) is 54.0 Å². The Labute approximate surface area is 125 Å². The summed E-state index contributed by atoms with van der Waals surface area (Å²) in [7, 11) is 0. The molecule has 4 nitrogen and oxygen atoms in total. The zero-order valence-electron chi connectivity index (χ0n) is 10.8. The Bertz CT molecular complexity index is 602. The first-order valence-corrected chi connectivity index (χ1v) is 7.57. The fourth-order valence-corrected chi connectivity index (χ4v) is 3.17. The van der Waals surface area contributed by atoms with Crippen molar-refractivity contribution in [2.75, 3.05) is 0 Å². The molecule has 0 saturated heterocycles. The van der Waals surface area contributed by atoms with Crippen molar-refractivity contribution in [2.24, 2.45) is 5.73 Å². The van der Waals surface area contributed by atoms with Gasteiger partial charge >= 0.3 is 0 Å². The standard InChI is InChI=1S/C14H16IN3O/c1-9-5-4-6-10(11(9)15)12-17-13(18-19-12)14(16)7-2-3-8-14/h4-6H,2-3,7-8,16H2,1H3. The largest absolute Gasteiger partial charge is 0.334 e. The van der Waals surface area contributed by atoms with Crippen molar-refractivity contribution >= 4 is 22.6 Å². The summed E-state index contributed by atoms with van der Waals surface area (Å²) in [5.74, 6) is 1.22. The Morgan fingerprint density at radius 1 is 1.32 bits per heavy atom. The van der Waals surface area contributed by atoms with Gasteiger partial charge in [0, 0.05) is 3.57 Å². The fraction of sp³-hybridized carbons (Fsp3) is 0.429. The molecule has 0 radical (unpaired) electrons. The van der Waals surface area contributed by atoms with Crippen molar-refractivity contribution in [1.82, 2.24) is 10.1 Å². The van der Waals surface area contributed by atoms with Crippen molar-refractivity contribution in [2.45, 2.75) is 38.1 Å². The van der Waals surface area contributed by atoms with E-state index in [0.29, 0.717) is 11.7 Å². The predicted octanol–water partition coefficient (Wildman–Crippen LogP) is 3.38. The molecule has 1 aliphatic rings. The number of nitrogens with two attached hydrogens (primary N) is 1. The van der Waals surface area contributed by atoms with E-state index in [4.69, 9.17) is 10.3 Å². The van der Waals surface area contributed by atoms with Crippen LogP contribution in [0.25, 0.3) is 11.5 Å². The molecule has 1 aliphatic carbocycles. The van der Waals surface area contributed by atoms with E-state index in [-0.39, 0.29) is 0 Å². The smallest absolute Gasteiger partial charge is 0.259 e. The number of aryl methyl sites for hydroxylation is 1. The van der Waals surface area contributed by atoms with E-state index < -0.39 is 5.54 Å². The third kappa shape index (κ3) is 2.29. The lowest BCUT2D eigenvalue weighted by molar-refractivity contribution is 0.372. The third-order valence-electron chi connectivity index (χ3n) is 3.79. The van der Waals surface area contributed by atoms with Gasteiger partial charge in [-0.3, -0.25) is 0 Å². The highest BCUT2D eigenvalue weighted by Gasteiger charge is 2.36. The van der Waals surface area contributed by atoms with Crippen LogP contribution in [0.5, 0.6) is 0 Å². The highest BCUT2D eigenvalue weighted by Crippen LogP contribution is 2.36. The van der Waals surface area contributed by atoms with Gasteiger partial charge in [-0.1, -0.05) is 30.1 Å². The van der Waals surface area contributed by atoms with Crippen LogP contribution >= 0.6 is 22.6 Å². The van der Waals surface area contributed by atoms with E-state index in [0.717, 1.165) is 34.8 Å². The minimum atomic E-state index is -0.392. The maximum absolute atomic E-state index is 6.35. The first kappa shape index (κ1) is 13.1. The first-order chi connectivity index (χ1) is 9.10. The van der Waals surface area contributed by atoms with Crippen LogP contribution in [0.1, 0.15) is 37.1 Å². The summed E-state index contributed by atoms with van der Waals surface area (Å²) >= 11 is 2.31. The highest BCUT2D eigenvalue weighted by atomic mass is 127. The molecule has 0 unspecified atom stereocenters. The van der Waals surface area contributed by atoms with Gasteiger partial charge in [-0.2, -0.15) is 4.98 Å². The average molecular weight is 369 g/mol. The lowest BCUT2D eigenvalue weighted by Gasteiger charge is -2.17. The molecule has 0 amide bonds. The van der Waals surface area contributed by atoms with Gasteiger partial charge in [-0.15, -0.1) is 0 Å². The molecular formula is C14H16IN3O. The molecule has 1 aromatic heterocycles. The zero-order chi connectivity index (χ0) is 13.5. The summed E-state index contributed by atoms with van der Waals surface area (Å²) in [6.07, 6.45) is 4.17. The molecule has 100 valence electrons. The van der Waals surface area contributed by atoms with Gasteiger partial charge < -0.3 is 10.3 Å². The summed E-state index contributed by atoms with van der Waals surface area (Å²) in [5, 5.41) is 4.10. The number of benzene rings is 1. The van der Waals surface area contributed by atoms with Crippen LogP contribution in [-0.4, -0.2) is 10.1 Å². The first-order valence-electron chi connectivity index (χ1n) is 6.49. The number of hydrogen-bond acceptors (Lipinski definition) is 4. The quantitative estimate of drug-likeness (QED) is 0.825. The van der Waals surface area contributed by atoms with E-state index in [1.54, 1.807) is 0 Å². The Morgan fingerprint density at radius 3 is 2.79 bits per heavy atom. The average Bonchev–Trinajstić information content (AvgIpc) is 3.02. The SMILES string of the molecule is Cc1cccc(-c2nc(C3(N)CCCC3)no2)c1I. The molecule has 19 heavy (non-hydrogen) atoms. The second-order valence-electron chi connectivity index (χ2n) is 5.22. The molecule has 1 saturated carbocycles. The highest BCUT2D eigenvalue weighted by molar-refractivity contribution is 14.1. The minimum Gasteiger partial charge on any atom is -0.334 e. The molecule has 1 heterocycles. The van der Waals surface area contributed by atoms with Crippen LogP contribution in [0.2, 0.25) is 0 Å². The molecule has 2 aromatic rings. The number of aromatic nitrogens is 2. The molecule has 1 fully saturated rings. The van der Waals surface area contributed by atoms with Crippen molar-refractivity contribution in [3.8, 4) is 11.5 Å². The van der Waals surface area contributed by atoms with Gasteiger partial charge in [0.15, 0.2) is 5.82 Å². The fourth-order valence-electron chi connectivity index (χ4n) is 2.58. The van der Waals surface area contributed by atoms with Gasteiger partial charge in [-0.25, -0.2) is 0 Å². The Balaban J connectivity index is 1.99. The summed E-state index contributed by atoms with van der Waals surface area (Å²) in [4.78, 5) is 4.53. The summed E-state index contributed by atoms with van der Waals surface area (Å²) in [6.45, 7) is 2.07. The molecule has 0 bridgehead atoms. The maximum atomic E-state index is 6.35. The van der Waals surface area contributed by atoms with Crippen LogP contribution in [0.3, 0.4) is 0 Å². The Kier molecular flexibility index (Phi) is 3.34. The number of hydrogen-bond donors (Lipinski definition) is 1. The molecule has 0 spiro atoms. The van der Waals surface area contributed by atoms with E-state index in [9.17, 15) is 0 Å². The Hall–Kier alpha value is -0.950. The van der Waals surface area contributed by atoms with E-state index in [1.165, 1.54) is 5.56 Å². The number of nitrogens with zero attached hydrogens (tertiary/aromatic N) is 2. The molecule has 1 aromatic carbocycles. The lowest BCUT2D eigenvalue weighted by atomic mass is 9.98. The molecule has 3 rings (SSSR count). The molecule has 2 N–H and O–H groups in total. The third-order valence-corrected chi connectivity index (χ3v) is 5.22. The van der Waals surface area contributed by atoms with Gasteiger partial charge in [0.2, 0.25) is 0 Å². The van der Waals surface area contributed by atoms with Crippen molar-refractivity contribution < 1.29 is 4.52 Å². The van der Waals surface area contributed by atoms with Crippen molar-refractivity contribution in [3.63, 3.8) is 0 Å². The summed E-state index contributed by atoms with van der Waals surface area (Å²) < 4.78 is 6.56. The normalized spacial score (nSPS) is 17.8. The minimum absolute atomic E-state index is 0.392. The van der Waals surface area contributed by atoms with E-state index >= 15 is 0 Å². The van der Waals surface area contributed by atoms with Crippen LogP contribution in [-0.2, 0) is 5.54 Å². The van der Waals surface area contributed by atoms with Crippen LogP contribution in [0, 0.1) is 10.5 Å². The van der Waals surface area contributed by atoms with Gasteiger partial charge in [0.05, 0.1) is 11.1 Å². The van der Waals surface area contributed by atoms with Crippen LogP contribution in [0.4, 0.5) is 0 Å². The predicted molar refractivity (Wildman–Crippen MR) is 81.5 cm³/mol. The van der Waals surface area contributed by atoms with Gasteiger partial charge in [0.25, 0.3) is 5.89 Å². The van der Waals surface area contributed by atoms with Crippen LogP contribution < -0.4 is 5.73 Å². The molecular weight excluding hydrogens is 353 g/mol. The van der Waals surface area contributed by atoms with Gasteiger partial charge in [0.1, 0.15) is 0 Å². The summed E-state index contributed by atoms with van der Waals surface area (Å²) in [6, 6.07) is 6.08. The monoisotopic (exact) mass is 369 g/mol. The maximum Gasteiger partial charge on any atom is 0.259 e. The van der Waals surface area contributed by atoms with Crippen molar-refractivity contribution in [1.29, 1.82) is 0 Å². The molecule has 0 atom stereocenters. The Morgan fingerprint density at radius 2 is 2.05 bits per heavy atom. The number of rotatable bonds is 2. The zero-order valence-corrected chi connectivity index (χ0v) is 13.0. The van der Waals surface area contributed by atoms with Crippen LogP contribution in [0.15, 0.2) is 22.7 Å². The second-order valence-corrected chi connectivity index (χ2v) is 6.30. The van der Waals surface area contributed by atoms with E-state index in [2.05, 4.69) is 45.7 Å². The topological polar surface area (TPSA) is 64.9 Å². The molecule has 5 heteroatoms.